The number of nitrogen functional groups attached to an aromatic ring is 1. The van der Waals surface area contributed by atoms with E-state index in [2.05, 4.69) is 33.5 Å². The van der Waals surface area contributed by atoms with Crippen LogP contribution in [0.4, 0.5) is 19.0 Å². The van der Waals surface area contributed by atoms with Gasteiger partial charge in [-0.3, -0.25) is 19.1 Å². The predicted octanol–water partition coefficient (Wildman–Crippen LogP) is 3.20. The smallest absolute Gasteiger partial charge is 0.383 e. The van der Waals surface area contributed by atoms with Crippen molar-refractivity contribution >= 4 is 41.2 Å². The molecule has 0 bridgehead atoms. The summed E-state index contributed by atoms with van der Waals surface area (Å²) in [7, 11) is 2.10. The number of dihydropyridines is 1. The number of alkyl halides is 3. The van der Waals surface area contributed by atoms with Gasteiger partial charge in [0, 0.05) is 45.1 Å². The number of aromatic nitrogens is 4. The molecule has 3 aromatic heterocycles. The van der Waals surface area contributed by atoms with Gasteiger partial charge in [-0.25, -0.2) is 15.0 Å². The van der Waals surface area contributed by atoms with E-state index in [1.54, 1.807) is 38.9 Å². The van der Waals surface area contributed by atoms with Crippen molar-refractivity contribution in [2.75, 3.05) is 52.0 Å². The maximum absolute atomic E-state index is 13.4. The number of likely N-dealkylation sites (tertiary alicyclic amines) is 1. The number of nitrogens with zero attached hydrogens (tertiary/aromatic N) is 8. The lowest BCUT2D eigenvalue weighted by molar-refractivity contribution is -0.141. The minimum atomic E-state index is -4.56. The summed E-state index contributed by atoms with van der Waals surface area (Å²) in [5, 5.41) is 0. The Morgan fingerprint density at radius 2 is 1.89 bits per heavy atom. The average molecular weight is 610 g/mol. The Kier molecular flexibility index (Phi) is 9.09. The topological polar surface area (TPSA) is 126 Å². The van der Waals surface area contributed by atoms with E-state index in [4.69, 9.17) is 10.7 Å². The normalized spacial score (nSPS) is 20.7. The van der Waals surface area contributed by atoms with Crippen molar-refractivity contribution in [3.63, 3.8) is 0 Å². The Morgan fingerprint density at radius 3 is 2.48 bits per heavy atom. The first-order valence-corrected chi connectivity index (χ1v) is 14.3. The molecule has 0 spiro atoms. The van der Waals surface area contributed by atoms with Crippen LogP contribution in [0.25, 0.3) is 28.2 Å². The fraction of sp³-hybridized carbons (Fsp3) is 0.400. The van der Waals surface area contributed by atoms with Gasteiger partial charge in [-0.15, -0.1) is 0 Å². The number of rotatable bonds is 5. The van der Waals surface area contributed by atoms with Crippen LogP contribution in [0, 0.1) is 5.92 Å². The summed E-state index contributed by atoms with van der Waals surface area (Å²) in [6.45, 7) is 7.93. The molecule has 11 nitrogen and oxygen atoms in total. The molecule has 0 aliphatic carbocycles. The van der Waals surface area contributed by atoms with Gasteiger partial charge in [0.25, 0.3) is 0 Å². The van der Waals surface area contributed by atoms with Gasteiger partial charge in [-0.05, 0) is 62.7 Å². The Balaban J connectivity index is 0.000000270. The van der Waals surface area contributed by atoms with Crippen molar-refractivity contribution in [3.05, 3.63) is 54.9 Å². The number of imidazole rings is 1. The zero-order valence-electron chi connectivity index (χ0n) is 24.3. The summed E-state index contributed by atoms with van der Waals surface area (Å²) in [5.41, 5.74) is 6.68. The van der Waals surface area contributed by atoms with E-state index in [1.807, 2.05) is 6.08 Å². The van der Waals surface area contributed by atoms with Gasteiger partial charge in [0.15, 0.2) is 11.5 Å². The van der Waals surface area contributed by atoms with Crippen LogP contribution in [0.5, 0.6) is 0 Å². The second kappa shape index (κ2) is 13.0. The summed E-state index contributed by atoms with van der Waals surface area (Å²) in [6, 6.07) is 5.87. The lowest BCUT2D eigenvalue weighted by Crippen LogP contribution is -2.47. The lowest BCUT2D eigenvalue weighted by Gasteiger charge is -2.31. The molecule has 44 heavy (non-hydrogen) atoms. The third-order valence-corrected chi connectivity index (χ3v) is 8.02. The monoisotopic (exact) mass is 609 g/mol. The molecule has 232 valence electrons. The van der Waals surface area contributed by atoms with Crippen LogP contribution in [0.2, 0.25) is 0 Å². The number of piperazine rings is 1. The minimum absolute atomic E-state index is 0.0550. The Hall–Kier alpha value is -4.59. The van der Waals surface area contributed by atoms with Gasteiger partial charge in [-0.1, -0.05) is 12.7 Å². The number of hydrogen-bond donors (Lipinski definition) is 1. The molecule has 2 unspecified atom stereocenters. The van der Waals surface area contributed by atoms with Crippen LogP contribution in [0.3, 0.4) is 0 Å². The van der Waals surface area contributed by atoms with Crippen molar-refractivity contribution in [1.29, 1.82) is 0 Å². The molecule has 2 N–H and O–H groups in total. The van der Waals surface area contributed by atoms with E-state index >= 15 is 0 Å². The number of aliphatic imine (C=N–C) groups is 1. The highest BCUT2D eigenvalue weighted by molar-refractivity contribution is 6.06. The molecular weight excluding hydrogens is 575 g/mol. The molecule has 2 saturated heterocycles. The highest BCUT2D eigenvalue weighted by Gasteiger charge is 2.34. The van der Waals surface area contributed by atoms with Gasteiger partial charge in [-0.2, -0.15) is 13.2 Å². The fourth-order valence-electron chi connectivity index (χ4n) is 5.60. The molecule has 3 aliphatic rings. The highest BCUT2D eigenvalue weighted by Crippen LogP contribution is 2.34. The van der Waals surface area contributed by atoms with E-state index in [1.165, 1.54) is 12.1 Å². The van der Waals surface area contributed by atoms with E-state index < -0.39 is 11.9 Å². The quantitative estimate of drug-likeness (QED) is 0.348. The SMILES string of the molecule is C=CC(=O)N1CCN(C=O)CC1.CN1CCC(C2CC=C(n3c(-c4cccnc4N)nc4ccc(C(F)(F)F)nc43)C=N2)C1. The number of pyridine rings is 2. The summed E-state index contributed by atoms with van der Waals surface area (Å²) in [6.07, 6.45) is 4.60. The number of allylic oxidation sites excluding steroid dienone is 1. The van der Waals surface area contributed by atoms with Crippen molar-refractivity contribution in [2.45, 2.75) is 25.1 Å². The molecule has 3 aliphatic heterocycles. The van der Waals surface area contributed by atoms with Crippen LogP contribution in [0.1, 0.15) is 18.5 Å². The van der Waals surface area contributed by atoms with Gasteiger partial charge < -0.3 is 20.4 Å². The van der Waals surface area contributed by atoms with Crippen LogP contribution < -0.4 is 5.73 Å². The standard InChI is InChI=1S/C22H22F3N7.C8H12N2O2/c1-31-10-8-13(12-31)16-5-4-14(11-28-16)32-20(15-3-2-9-27-19(15)26)29-17-6-7-18(22(23,24)25)30-21(17)32;1-2-8(12)10-5-3-9(7-11)4-6-10/h2-4,6-7,9,11,13,16H,5,8,10,12H2,1H3,(H2,26,27);2,7H,1,3-6H2. The minimum Gasteiger partial charge on any atom is -0.383 e. The average Bonchev–Trinajstić information content (AvgIpc) is 3.64. The number of amides is 2. The zero-order chi connectivity index (χ0) is 31.4. The maximum Gasteiger partial charge on any atom is 0.433 e. The van der Waals surface area contributed by atoms with Crippen LogP contribution >= 0.6 is 0 Å². The number of anilines is 1. The first-order valence-electron chi connectivity index (χ1n) is 14.3. The molecule has 0 radical (unpaired) electrons. The second-order valence-electron chi connectivity index (χ2n) is 10.9. The third kappa shape index (κ3) is 6.64. The largest absolute Gasteiger partial charge is 0.433 e. The van der Waals surface area contributed by atoms with Crippen LogP contribution in [-0.4, -0.2) is 105 Å². The van der Waals surface area contributed by atoms with Crippen molar-refractivity contribution in [1.82, 2.24) is 34.2 Å². The molecule has 6 rings (SSSR count). The first kappa shape index (κ1) is 30.9. The molecule has 0 saturated carbocycles. The van der Waals surface area contributed by atoms with Crippen LogP contribution in [0.15, 0.2) is 54.2 Å². The zero-order valence-corrected chi connectivity index (χ0v) is 24.3. The van der Waals surface area contributed by atoms with E-state index in [-0.39, 0.29) is 23.4 Å². The summed E-state index contributed by atoms with van der Waals surface area (Å²) in [5.74, 6) is 1.03. The third-order valence-electron chi connectivity index (χ3n) is 8.02. The molecule has 2 fully saturated rings. The van der Waals surface area contributed by atoms with Gasteiger partial charge in [0.2, 0.25) is 12.3 Å². The number of carbonyl (C=O) groups is 2. The number of halogens is 3. The summed E-state index contributed by atoms with van der Waals surface area (Å²) < 4.78 is 41.7. The molecule has 0 aromatic carbocycles. The van der Waals surface area contributed by atoms with Crippen LogP contribution in [-0.2, 0) is 15.8 Å². The molecule has 3 aromatic rings. The molecule has 2 amide bonds. The van der Waals surface area contributed by atoms with Gasteiger partial charge >= 0.3 is 6.18 Å². The second-order valence-corrected chi connectivity index (χ2v) is 10.9. The van der Waals surface area contributed by atoms with Gasteiger partial charge in [0.1, 0.15) is 17.0 Å². The lowest BCUT2D eigenvalue weighted by atomic mass is 9.95. The van der Waals surface area contributed by atoms with Gasteiger partial charge in [0.05, 0.1) is 17.3 Å². The Bertz CT molecular complexity index is 1590. The molecule has 14 heteroatoms. The maximum atomic E-state index is 13.4. The first-order chi connectivity index (χ1) is 21.1. The Morgan fingerprint density at radius 1 is 1.11 bits per heavy atom. The summed E-state index contributed by atoms with van der Waals surface area (Å²) >= 11 is 0. The Labute approximate surface area is 252 Å². The van der Waals surface area contributed by atoms with Crippen molar-refractivity contribution in [2.24, 2.45) is 10.9 Å². The number of fused-ring (bicyclic) bond motifs is 1. The number of hydrogen-bond acceptors (Lipinski definition) is 8. The molecular formula is C30H34F3N9O2. The number of carbonyl (C=O) groups excluding carboxylic acids is 2. The summed E-state index contributed by atoms with van der Waals surface area (Å²) in [4.78, 5) is 44.3. The molecule has 2 atom stereocenters. The van der Waals surface area contributed by atoms with Crippen molar-refractivity contribution in [3.8, 4) is 11.4 Å². The van der Waals surface area contributed by atoms with E-state index in [0.717, 1.165) is 32.0 Å². The van der Waals surface area contributed by atoms with E-state index in [0.29, 0.717) is 61.1 Å². The fourth-order valence-corrected chi connectivity index (χ4v) is 5.60. The predicted molar refractivity (Wildman–Crippen MR) is 161 cm³/mol. The number of nitrogens with two attached hydrogens (primary N) is 1. The van der Waals surface area contributed by atoms with E-state index in [9.17, 15) is 22.8 Å². The highest BCUT2D eigenvalue weighted by atomic mass is 19.4. The van der Waals surface area contributed by atoms with Crippen molar-refractivity contribution < 1.29 is 22.8 Å². The molecule has 6 heterocycles.